The molecule has 0 radical (unpaired) electrons. The maximum absolute atomic E-state index is 12.3. The quantitative estimate of drug-likeness (QED) is 0.643. The molecule has 0 spiro atoms. The Bertz CT molecular complexity index is 969. The highest BCUT2D eigenvalue weighted by Crippen LogP contribution is 2.28. The van der Waals surface area contributed by atoms with E-state index >= 15 is 0 Å². The Labute approximate surface area is 159 Å². The van der Waals surface area contributed by atoms with Crippen LogP contribution >= 0.6 is 0 Å². The summed E-state index contributed by atoms with van der Waals surface area (Å²) in [6.45, 7) is 7.25. The number of rotatable bonds is 6. The number of aryl methyl sites for hydroxylation is 1. The van der Waals surface area contributed by atoms with Crippen LogP contribution in [0.2, 0.25) is 0 Å². The van der Waals surface area contributed by atoms with Crippen molar-refractivity contribution in [1.82, 2.24) is 9.88 Å². The number of carbonyl (C=O) groups is 1. The minimum atomic E-state index is -0.534. The lowest BCUT2D eigenvalue weighted by Gasteiger charge is -2.17. The van der Waals surface area contributed by atoms with E-state index in [0.717, 1.165) is 35.3 Å². The van der Waals surface area contributed by atoms with Crippen LogP contribution in [0, 0.1) is 6.92 Å². The molecule has 0 aliphatic heterocycles. The average Bonchev–Trinajstić information content (AvgIpc) is 2.66. The van der Waals surface area contributed by atoms with Crippen molar-refractivity contribution in [3.05, 3.63) is 78.5 Å². The number of anilines is 1. The van der Waals surface area contributed by atoms with Gasteiger partial charge in [0.15, 0.2) is 5.75 Å². The van der Waals surface area contributed by atoms with Crippen molar-refractivity contribution < 1.29 is 9.53 Å². The van der Waals surface area contributed by atoms with Crippen LogP contribution in [0.5, 0.6) is 5.75 Å². The van der Waals surface area contributed by atoms with Crippen LogP contribution in [0.15, 0.2) is 67.4 Å². The van der Waals surface area contributed by atoms with Crippen LogP contribution in [0.1, 0.15) is 11.1 Å². The number of para-hydroxylation sites is 1. The summed E-state index contributed by atoms with van der Waals surface area (Å²) in [4.78, 5) is 18.9. The lowest BCUT2D eigenvalue weighted by atomic mass is 10.1. The van der Waals surface area contributed by atoms with Gasteiger partial charge in [0, 0.05) is 30.4 Å². The number of hydrogen-bond acceptors (Lipinski definition) is 4. The summed E-state index contributed by atoms with van der Waals surface area (Å²) in [6, 6.07) is 15.2. The SMILES string of the molecule is C=CCN(C)Cc1ccc(OC(=O)Nc2ccccc2C)c2ncccc12. The first-order chi connectivity index (χ1) is 13.1. The molecule has 0 aliphatic rings. The summed E-state index contributed by atoms with van der Waals surface area (Å²) in [5.41, 5.74) is 3.48. The predicted molar refractivity (Wildman–Crippen MR) is 109 cm³/mol. The third-order valence-electron chi connectivity index (χ3n) is 4.29. The van der Waals surface area contributed by atoms with Gasteiger partial charge in [0.2, 0.25) is 0 Å². The average molecular weight is 361 g/mol. The van der Waals surface area contributed by atoms with E-state index in [-0.39, 0.29) is 0 Å². The molecule has 1 aromatic heterocycles. The molecule has 3 rings (SSSR count). The number of benzene rings is 2. The monoisotopic (exact) mass is 361 g/mol. The molecule has 0 atom stereocenters. The zero-order valence-corrected chi connectivity index (χ0v) is 15.6. The number of carbonyl (C=O) groups excluding carboxylic acids is 1. The second-order valence-electron chi connectivity index (χ2n) is 6.44. The van der Waals surface area contributed by atoms with Gasteiger partial charge in [-0.25, -0.2) is 4.79 Å². The number of fused-ring (bicyclic) bond motifs is 1. The molecule has 27 heavy (non-hydrogen) atoms. The van der Waals surface area contributed by atoms with E-state index in [0.29, 0.717) is 11.3 Å². The summed E-state index contributed by atoms with van der Waals surface area (Å²) in [5, 5.41) is 3.75. The molecule has 5 heteroatoms. The van der Waals surface area contributed by atoms with Crippen molar-refractivity contribution >= 4 is 22.7 Å². The van der Waals surface area contributed by atoms with Crippen molar-refractivity contribution in [3.8, 4) is 5.75 Å². The Kier molecular flexibility index (Phi) is 5.84. The summed E-state index contributed by atoms with van der Waals surface area (Å²) >= 11 is 0. The van der Waals surface area contributed by atoms with Crippen LogP contribution in [-0.2, 0) is 6.54 Å². The minimum Gasteiger partial charge on any atom is -0.408 e. The number of likely N-dealkylation sites (N-methyl/N-ethyl adjacent to an activating group) is 1. The fourth-order valence-electron chi connectivity index (χ4n) is 2.95. The fraction of sp³-hybridized carbons (Fsp3) is 0.182. The third-order valence-corrected chi connectivity index (χ3v) is 4.29. The number of nitrogens with one attached hydrogen (secondary N) is 1. The molecule has 0 bridgehead atoms. The van der Waals surface area contributed by atoms with Gasteiger partial charge in [-0.15, -0.1) is 6.58 Å². The summed E-state index contributed by atoms with van der Waals surface area (Å²) in [5.74, 6) is 0.437. The predicted octanol–water partition coefficient (Wildman–Crippen LogP) is 4.77. The van der Waals surface area contributed by atoms with E-state index in [1.54, 1.807) is 12.3 Å². The number of aromatic nitrogens is 1. The molecule has 0 fully saturated rings. The normalized spacial score (nSPS) is 10.8. The second-order valence-corrected chi connectivity index (χ2v) is 6.44. The zero-order valence-electron chi connectivity index (χ0n) is 15.6. The first-order valence-corrected chi connectivity index (χ1v) is 8.79. The smallest absolute Gasteiger partial charge is 0.408 e. The first kappa shape index (κ1) is 18.6. The van der Waals surface area contributed by atoms with Crippen molar-refractivity contribution in [2.75, 3.05) is 18.9 Å². The maximum atomic E-state index is 12.3. The third kappa shape index (κ3) is 4.51. The van der Waals surface area contributed by atoms with E-state index in [1.807, 2.05) is 62.5 Å². The van der Waals surface area contributed by atoms with E-state index in [9.17, 15) is 4.79 Å². The highest BCUT2D eigenvalue weighted by atomic mass is 16.6. The number of hydrogen-bond donors (Lipinski definition) is 1. The lowest BCUT2D eigenvalue weighted by molar-refractivity contribution is 0.215. The molecule has 1 N–H and O–H groups in total. The van der Waals surface area contributed by atoms with Gasteiger partial charge in [0.1, 0.15) is 5.52 Å². The molecule has 2 aromatic carbocycles. The van der Waals surface area contributed by atoms with Gasteiger partial charge in [0.25, 0.3) is 0 Å². The van der Waals surface area contributed by atoms with Gasteiger partial charge < -0.3 is 4.74 Å². The maximum Gasteiger partial charge on any atom is 0.417 e. The molecule has 0 saturated heterocycles. The molecule has 0 unspecified atom stereocenters. The standard InChI is InChI=1S/C22H23N3O2/c1-4-14-25(3)15-17-11-12-20(21-18(17)9-7-13-23-21)27-22(26)24-19-10-6-5-8-16(19)2/h4-13H,1,14-15H2,2-3H3,(H,24,26). The van der Waals surface area contributed by atoms with Crippen LogP contribution in [0.4, 0.5) is 10.5 Å². The molecule has 0 saturated carbocycles. The molecule has 0 aliphatic carbocycles. The number of amides is 1. The second kappa shape index (κ2) is 8.47. The molecular weight excluding hydrogens is 338 g/mol. The summed E-state index contributed by atoms with van der Waals surface area (Å²) < 4.78 is 5.55. The van der Waals surface area contributed by atoms with E-state index < -0.39 is 6.09 Å². The fourth-order valence-corrected chi connectivity index (χ4v) is 2.95. The van der Waals surface area contributed by atoms with Crippen molar-refractivity contribution in [2.45, 2.75) is 13.5 Å². The van der Waals surface area contributed by atoms with Gasteiger partial charge in [-0.05, 0) is 43.3 Å². The highest BCUT2D eigenvalue weighted by Gasteiger charge is 2.13. The Morgan fingerprint density at radius 1 is 1.22 bits per heavy atom. The Balaban J connectivity index is 1.84. The Morgan fingerprint density at radius 2 is 2.04 bits per heavy atom. The van der Waals surface area contributed by atoms with E-state index in [1.165, 1.54) is 0 Å². The molecule has 3 aromatic rings. The van der Waals surface area contributed by atoms with Gasteiger partial charge in [-0.1, -0.05) is 36.4 Å². The highest BCUT2D eigenvalue weighted by molar-refractivity contribution is 5.92. The van der Waals surface area contributed by atoms with E-state index in [2.05, 4.69) is 21.8 Å². The van der Waals surface area contributed by atoms with Gasteiger partial charge in [-0.3, -0.25) is 15.2 Å². The van der Waals surface area contributed by atoms with Crippen LogP contribution in [0.3, 0.4) is 0 Å². The molecular formula is C22H23N3O2. The van der Waals surface area contributed by atoms with Crippen molar-refractivity contribution in [3.63, 3.8) is 0 Å². The van der Waals surface area contributed by atoms with Crippen molar-refractivity contribution in [1.29, 1.82) is 0 Å². The molecule has 1 heterocycles. The van der Waals surface area contributed by atoms with E-state index in [4.69, 9.17) is 4.74 Å². The van der Waals surface area contributed by atoms with Gasteiger partial charge in [0.05, 0.1) is 0 Å². The molecule has 1 amide bonds. The largest absolute Gasteiger partial charge is 0.417 e. The van der Waals surface area contributed by atoms with Crippen LogP contribution < -0.4 is 10.1 Å². The molecule has 138 valence electrons. The van der Waals surface area contributed by atoms with Gasteiger partial charge >= 0.3 is 6.09 Å². The topological polar surface area (TPSA) is 54.5 Å². The lowest BCUT2D eigenvalue weighted by Crippen LogP contribution is -2.19. The molecule has 5 nitrogen and oxygen atoms in total. The number of nitrogens with zero attached hydrogens (tertiary/aromatic N) is 2. The minimum absolute atomic E-state index is 0.437. The summed E-state index contributed by atoms with van der Waals surface area (Å²) in [7, 11) is 2.03. The number of ether oxygens (including phenoxy) is 1. The number of pyridine rings is 1. The van der Waals surface area contributed by atoms with Crippen LogP contribution in [0.25, 0.3) is 10.9 Å². The van der Waals surface area contributed by atoms with Crippen molar-refractivity contribution in [2.24, 2.45) is 0 Å². The first-order valence-electron chi connectivity index (χ1n) is 8.79. The Hall–Kier alpha value is -3.18. The van der Waals surface area contributed by atoms with Crippen LogP contribution in [-0.4, -0.2) is 29.6 Å². The zero-order chi connectivity index (χ0) is 19.2. The van der Waals surface area contributed by atoms with Gasteiger partial charge in [-0.2, -0.15) is 0 Å². The summed E-state index contributed by atoms with van der Waals surface area (Å²) in [6.07, 6.45) is 3.03. The Morgan fingerprint density at radius 3 is 2.81 bits per heavy atom.